The number of nitrogens with one attached hydrogen (secondary N) is 4. The zero-order valence-electron chi connectivity index (χ0n) is 30.5. The highest BCUT2D eigenvalue weighted by Crippen LogP contribution is 2.34. The number of esters is 1. The van der Waals surface area contributed by atoms with Gasteiger partial charge in [0, 0.05) is 22.5 Å². The summed E-state index contributed by atoms with van der Waals surface area (Å²) in [6, 6.07) is 30.1. The highest BCUT2D eigenvalue weighted by Gasteiger charge is 2.22. The smallest absolute Gasteiger partial charge is 0.408 e. The Morgan fingerprint density at radius 1 is 0.618 bits per heavy atom. The summed E-state index contributed by atoms with van der Waals surface area (Å²) < 4.78 is 21.5. The molecular weight excluding hydrogens is 706 g/mol. The molecular formula is C41H41N5O9. The van der Waals surface area contributed by atoms with Crippen molar-refractivity contribution in [1.82, 2.24) is 15.6 Å². The third-order valence-electron chi connectivity index (χ3n) is 7.99. The molecule has 0 saturated heterocycles. The van der Waals surface area contributed by atoms with E-state index in [0.29, 0.717) is 34.0 Å². The van der Waals surface area contributed by atoms with Crippen molar-refractivity contribution in [3.05, 3.63) is 126 Å². The van der Waals surface area contributed by atoms with Gasteiger partial charge in [-0.2, -0.15) is 0 Å². The molecule has 0 aliphatic rings. The van der Waals surface area contributed by atoms with Crippen LogP contribution in [0.1, 0.15) is 37.8 Å². The van der Waals surface area contributed by atoms with Gasteiger partial charge in [0.05, 0.1) is 6.61 Å². The Hall–Kier alpha value is -6.96. The van der Waals surface area contributed by atoms with Gasteiger partial charge in [-0.05, 0) is 68.3 Å². The number of carbonyl (C=O) groups excluding carboxylic acids is 5. The fraction of sp³-hybridized carbons (Fsp3) is 0.220. The third kappa shape index (κ3) is 11.8. The molecule has 14 nitrogen and oxygen atoms in total. The summed E-state index contributed by atoms with van der Waals surface area (Å²) in [6.45, 7) is 5.12. The number of rotatable bonds is 15. The van der Waals surface area contributed by atoms with Gasteiger partial charge < -0.3 is 39.9 Å². The van der Waals surface area contributed by atoms with Gasteiger partial charge in [0.25, 0.3) is 0 Å². The quantitative estimate of drug-likeness (QED) is 0.0670. The number of hydrogen-bond donors (Lipinski definition) is 4. The van der Waals surface area contributed by atoms with Crippen molar-refractivity contribution in [1.29, 1.82) is 0 Å². The van der Waals surface area contributed by atoms with Crippen molar-refractivity contribution in [3.63, 3.8) is 0 Å². The standard InChI is InChI=1S/C41H41N5O9/c1-4-52-35(47)23-34-46-36(30-15-19-32(20-16-30)44-38(48)26(2)42-40(50)53-24-28-11-7-5-8-12-28)37(55-34)31-17-21-33(22-18-31)45-39(49)27(3)43-41(51)54-25-29-13-9-6-10-14-29/h5-22,26-27H,4,23-25H2,1-3H3,(H,42,50)(H,43,51)(H,44,48)(H,45,49)/t26-,27-/m0/s1. The number of alkyl carbamates (subject to hydrolysis) is 2. The van der Waals surface area contributed by atoms with Gasteiger partial charge in [-0.1, -0.05) is 72.8 Å². The SMILES string of the molecule is CCOC(=O)Cc1nc(-c2ccc(NC(=O)[C@H](C)NC(=O)OCc3ccccc3)cc2)c(-c2ccc(NC(=O)[C@H](C)NC(=O)OCc3ccccc3)cc2)o1. The lowest BCUT2D eigenvalue weighted by molar-refractivity contribution is -0.142. The van der Waals surface area contributed by atoms with Crippen LogP contribution in [-0.2, 0) is 48.2 Å². The minimum atomic E-state index is -0.886. The number of amides is 4. The number of anilines is 2. The van der Waals surface area contributed by atoms with Gasteiger partial charge in [-0.15, -0.1) is 0 Å². The van der Waals surface area contributed by atoms with Crippen molar-refractivity contribution in [2.75, 3.05) is 17.2 Å². The Balaban J connectivity index is 1.21. The average Bonchev–Trinajstić information content (AvgIpc) is 3.61. The second-order valence-corrected chi connectivity index (χ2v) is 12.3. The first-order chi connectivity index (χ1) is 26.6. The van der Waals surface area contributed by atoms with E-state index in [4.69, 9.17) is 18.6 Å². The minimum absolute atomic E-state index is 0.0703. The molecule has 0 bridgehead atoms. The Labute approximate surface area is 317 Å². The van der Waals surface area contributed by atoms with E-state index in [9.17, 15) is 24.0 Å². The van der Waals surface area contributed by atoms with Crippen LogP contribution in [0.2, 0.25) is 0 Å². The molecule has 0 unspecified atom stereocenters. The lowest BCUT2D eigenvalue weighted by Crippen LogP contribution is -2.41. The molecule has 5 aromatic rings. The second-order valence-electron chi connectivity index (χ2n) is 12.3. The molecule has 0 fully saturated rings. The maximum absolute atomic E-state index is 12.8. The Morgan fingerprint density at radius 3 is 1.53 bits per heavy atom. The number of ether oxygens (including phenoxy) is 3. The highest BCUT2D eigenvalue weighted by molar-refractivity contribution is 5.97. The van der Waals surface area contributed by atoms with Crippen LogP contribution in [0, 0.1) is 0 Å². The Morgan fingerprint density at radius 2 is 1.07 bits per heavy atom. The van der Waals surface area contributed by atoms with Crippen LogP contribution >= 0.6 is 0 Å². The molecule has 0 saturated carbocycles. The third-order valence-corrected chi connectivity index (χ3v) is 7.99. The molecule has 4 amide bonds. The summed E-state index contributed by atoms with van der Waals surface area (Å²) in [5, 5.41) is 10.6. The Kier molecular flexibility index (Phi) is 13.7. The maximum Gasteiger partial charge on any atom is 0.408 e. The lowest BCUT2D eigenvalue weighted by Gasteiger charge is -2.15. The normalized spacial score (nSPS) is 11.7. The highest BCUT2D eigenvalue weighted by atomic mass is 16.6. The lowest BCUT2D eigenvalue weighted by atomic mass is 10.0. The van der Waals surface area contributed by atoms with Crippen LogP contribution in [0.3, 0.4) is 0 Å². The summed E-state index contributed by atoms with van der Waals surface area (Å²) in [5.74, 6) is -0.921. The van der Waals surface area contributed by atoms with Crippen molar-refractivity contribution >= 4 is 41.3 Å². The first-order valence-corrected chi connectivity index (χ1v) is 17.5. The van der Waals surface area contributed by atoms with E-state index in [1.807, 2.05) is 60.7 Å². The molecule has 14 heteroatoms. The first-order valence-electron chi connectivity index (χ1n) is 17.5. The summed E-state index contributed by atoms with van der Waals surface area (Å²) in [7, 11) is 0. The molecule has 0 spiro atoms. The molecule has 0 aliphatic carbocycles. The predicted molar refractivity (Wildman–Crippen MR) is 203 cm³/mol. The predicted octanol–water partition coefficient (Wildman–Crippen LogP) is 6.62. The van der Waals surface area contributed by atoms with Crippen molar-refractivity contribution in [2.45, 2.75) is 52.5 Å². The summed E-state index contributed by atoms with van der Waals surface area (Å²) in [5.41, 5.74) is 4.21. The summed E-state index contributed by atoms with van der Waals surface area (Å²) >= 11 is 0. The van der Waals surface area contributed by atoms with E-state index in [2.05, 4.69) is 26.3 Å². The second kappa shape index (κ2) is 19.2. The number of hydrogen-bond acceptors (Lipinski definition) is 10. The van der Waals surface area contributed by atoms with E-state index in [-0.39, 0.29) is 32.1 Å². The maximum atomic E-state index is 12.8. The van der Waals surface area contributed by atoms with Gasteiger partial charge in [0.2, 0.25) is 17.7 Å². The summed E-state index contributed by atoms with van der Waals surface area (Å²) in [4.78, 5) is 67.0. The van der Waals surface area contributed by atoms with E-state index in [1.54, 1.807) is 62.4 Å². The fourth-order valence-corrected chi connectivity index (χ4v) is 5.10. The number of aromatic nitrogens is 1. The van der Waals surface area contributed by atoms with Crippen LogP contribution in [0.25, 0.3) is 22.6 Å². The van der Waals surface area contributed by atoms with Crippen molar-refractivity contribution < 1.29 is 42.6 Å². The number of nitrogens with zero attached hydrogens (tertiary/aromatic N) is 1. The molecule has 55 heavy (non-hydrogen) atoms. The number of oxazole rings is 1. The summed E-state index contributed by atoms with van der Waals surface area (Å²) in [6.07, 6.45) is -1.64. The van der Waals surface area contributed by atoms with Crippen LogP contribution in [0.15, 0.2) is 114 Å². The van der Waals surface area contributed by atoms with Crippen molar-refractivity contribution in [2.24, 2.45) is 0 Å². The molecule has 2 atom stereocenters. The Bertz CT molecular complexity index is 1930. The minimum Gasteiger partial charge on any atom is -0.466 e. The largest absolute Gasteiger partial charge is 0.466 e. The van der Waals surface area contributed by atoms with Crippen LogP contribution in [-0.4, -0.2) is 53.6 Å². The van der Waals surface area contributed by atoms with Gasteiger partial charge in [-0.25, -0.2) is 14.6 Å². The molecule has 0 aliphatic heterocycles. The molecule has 0 radical (unpaired) electrons. The van der Waals surface area contributed by atoms with Crippen molar-refractivity contribution in [3.8, 4) is 22.6 Å². The zero-order valence-corrected chi connectivity index (χ0v) is 30.5. The fourth-order valence-electron chi connectivity index (χ4n) is 5.10. The molecule has 1 heterocycles. The van der Waals surface area contributed by atoms with Gasteiger partial charge in [0.1, 0.15) is 37.4 Å². The average molecular weight is 748 g/mol. The van der Waals surface area contributed by atoms with Crippen LogP contribution < -0.4 is 21.3 Å². The zero-order chi connectivity index (χ0) is 39.2. The van der Waals surface area contributed by atoms with Gasteiger partial charge in [0.15, 0.2) is 5.76 Å². The molecule has 4 N–H and O–H groups in total. The molecule has 284 valence electrons. The molecule has 5 rings (SSSR count). The number of carbonyl (C=O) groups is 5. The monoisotopic (exact) mass is 747 g/mol. The van der Waals surface area contributed by atoms with Gasteiger partial charge >= 0.3 is 18.2 Å². The van der Waals surface area contributed by atoms with E-state index < -0.39 is 42.1 Å². The van der Waals surface area contributed by atoms with Crippen LogP contribution in [0.4, 0.5) is 21.0 Å². The van der Waals surface area contributed by atoms with E-state index in [1.165, 1.54) is 6.92 Å². The topological polar surface area (TPSA) is 187 Å². The first kappa shape index (κ1) is 39.3. The van der Waals surface area contributed by atoms with Gasteiger partial charge in [-0.3, -0.25) is 14.4 Å². The number of benzene rings is 4. The van der Waals surface area contributed by atoms with Crippen LogP contribution in [0.5, 0.6) is 0 Å². The molecule has 1 aromatic heterocycles. The van der Waals surface area contributed by atoms with E-state index >= 15 is 0 Å². The van der Waals surface area contributed by atoms with E-state index in [0.717, 1.165) is 11.1 Å². The molecule has 4 aromatic carbocycles.